The molecule has 3 aromatic rings. The largest absolute Gasteiger partial charge is 0.493 e. The molecule has 1 N–H and O–H groups in total. The number of furan rings is 1. The maximum atomic E-state index is 12.7. The van der Waals surface area contributed by atoms with Crippen molar-refractivity contribution < 1.29 is 18.7 Å². The Labute approximate surface area is 171 Å². The van der Waals surface area contributed by atoms with Gasteiger partial charge in [0, 0.05) is 23.1 Å². The standard InChI is InChI=1S/C24H27NO4/c1-6-27-21-11-9-8-10-20(21)25-24(26)12-15(3)18-13-19-16(4)17(5)29-23(19)14-22(18)28-7-2/h8-14H,6-7H2,1-5H3,(H,25,26)/b15-12+. The van der Waals surface area contributed by atoms with E-state index in [0.29, 0.717) is 30.4 Å². The van der Waals surface area contributed by atoms with Gasteiger partial charge in [-0.05, 0) is 64.0 Å². The van der Waals surface area contributed by atoms with E-state index in [-0.39, 0.29) is 5.91 Å². The van der Waals surface area contributed by atoms with E-state index in [1.165, 1.54) is 0 Å². The maximum absolute atomic E-state index is 12.7. The van der Waals surface area contributed by atoms with Crippen molar-refractivity contribution >= 4 is 28.1 Å². The summed E-state index contributed by atoms with van der Waals surface area (Å²) in [5.41, 5.74) is 4.20. The molecular formula is C24H27NO4. The molecule has 1 amide bonds. The Bertz CT molecular complexity index is 1060. The molecule has 5 nitrogen and oxygen atoms in total. The monoisotopic (exact) mass is 393 g/mol. The summed E-state index contributed by atoms with van der Waals surface area (Å²) in [7, 11) is 0. The fourth-order valence-corrected chi connectivity index (χ4v) is 3.25. The highest BCUT2D eigenvalue weighted by atomic mass is 16.5. The lowest BCUT2D eigenvalue weighted by Crippen LogP contribution is -2.10. The van der Waals surface area contributed by atoms with E-state index in [1.807, 2.05) is 71.0 Å². The van der Waals surface area contributed by atoms with Gasteiger partial charge in [-0.15, -0.1) is 0 Å². The van der Waals surface area contributed by atoms with Gasteiger partial charge < -0.3 is 19.2 Å². The molecule has 0 aliphatic heterocycles. The van der Waals surface area contributed by atoms with Crippen molar-refractivity contribution in [1.82, 2.24) is 0 Å². The van der Waals surface area contributed by atoms with Gasteiger partial charge in [-0.3, -0.25) is 4.79 Å². The SMILES string of the molecule is CCOc1ccccc1NC(=O)/C=C(\C)c1cc2c(C)c(C)oc2cc1OCC. The molecule has 0 atom stereocenters. The molecule has 0 saturated carbocycles. The first-order chi connectivity index (χ1) is 13.9. The van der Waals surface area contributed by atoms with Crippen LogP contribution < -0.4 is 14.8 Å². The summed E-state index contributed by atoms with van der Waals surface area (Å²) in [6, 6.07) is 11.3. The quantitative estimate of drug-likeness (QED) is 0.509. The Morgan fingerprint density at radius 1 is 1.07 bits per heavy atom. The fraction of sp³-hybridized carbons (Fsp3) is 0.292. The van der Waals surface area contributed by atoms with E-state index in [9.17, 15) is 4.79 Å². The van der Waals surface area contributed by atoms with Gasteiger partial charge in [0.05, 0.1) is 18.9 Å². The van der Waals surface area contributed by atoms with E-state index >= 15 is 0 Å². The van der Waals surface area contributed by atoms with Gasteiger partial charge in [-0.1, -0.05) is 12.1 Å². The number of benzene rings is 2. The number of hydrogen-bond donors (Lipinski definition) is 1. The Morgan fingerprint density at radius 3 is 2.48 bits per heavy atom. The number of ether oxygens (including phenoxy) is 2. The first-order valence-electron chi connectivity index (χ1n) is 9.82. The number of anilines is 1. The van der Waals surface area contributed by atoms with Gasteiger partial charge in [-0.2, -0.15) is 0 Å². The lowest BCUT2D eigenvalue weighted by molar-refractivity contribution is -0.111. The number of aryl methyl sites for hydroxylation is 2. The van der Waals surface area contributed by atoms with Crippen molar-refractivity contribution in [3.63, 3.8) is 0 Å². The number of hydrogen-bond acceptors (Lipinski definition) is 4. The minimum absolute atomic E-state index is 0.225. The number of amides is 1. The zero-order chi connectivity index (χ0) is 21.0. The molecule has 0 spiro atoms. The predicted molar refractivity (Wildman–Crippen MR) is 117 cm³/mol. The van der Waals surface area contributed by atoms with Crippen LogP contribution in [0.4, 0.5) is 5.69 Å². The lowest BCUT2D eigenvalue weighted by Gasteiger charge is -2.12. The Balaban J connectivity index is 1.94. The molecule has 0 saturated heterocycles. The van der Waals surface area contributed by atoms with Crippen LogP contribution in [0.25, 0.3) is 16.5 Å². The zero-order valence-corrected chi connectivity index (χ0v) is 17.6. The molecule has 0 bridgehead atoms. The molecule has 0 unspecified atom stereocenters. The summed E-state index contributed by atoms with van der Waals surface area (Å²) in [5, 5.41) is 3.92. The summed E-state index contributed by atoms with van der Waals surface area (Å²) in [6.45, 7) is 10.8. The first-order valence-corrected chi connectivity index (χ1v) is 9.82. The molecule has 29 heavy (non-hydrogen) atoms. The van der Waals surface area contributed by atoms with Crippen LogP contribution in [0.3, 0.4) is 0 Å². The molecule has 1 heterocycles. The van der Waals surface area contributed by atoms with E-state index in [2.05, 4.69) is 5.32 Å². The van der Waals surface area contributed by atoms with Crippen LogP contribution in [-0.4, -0.2) is 19.1 Å². The molecule has 5 heteroatoms. The topological polar surface area (TPSA) is 60.7 Å². The predicted octanol–water partition coefficient (Wildman–Crippen LogP) is 5.89. The number of rotatable bonds is 7. The fourth-order valence-electron chi connectivity index (χ4n) is 3.25. The van der Waals surface area contributed by atoms with Gasteiger partial charge in [0.2, 0.25) is 5.91 Å². The first kappa shape index (κ1) is 20.5. The molecule has 0 aliphatic carbocycles. The Hall–Kier alpha value is -3.21. The van der Waals surface area contributed by atoms with Crippen LogP contribution in [0, 0.1) is 13.8 Å². The summed E-state index contributed by atoms with van der Waals surface area (Å²) in [6.07, 6.45) is 1.58. The van der Waals surface area contributed by atoms with Crippen molar-refractivity contribution in [2.24, 2.45) is 0 Å². The highest BCUT2D eigenvalue weighted by Crippen LogP contribution is 2.35. The second-order valence-corrected chi connectivity index (χ2v) is 6.81. The van der Waals surface area contributed by atoms with Crippen molar-refractivity contribution in [2.45, 2.75) is 34.6 Å². The number of carbonyl (C=O) groups excluding carboxylic acids is 1. The summed E-state index contributed by atoms with van der Waals surface area (Å²) < 4.78 is 17.2. The van der Waals surface area contributed by atoms with Crippen LogP contribution in [0.2, 0.25) is 0 Å². The number of carbonyl (C=O) groups is 1. The van der Waals surface area contributed by atoms with E-state index in [0.717, 1.165) is 33.4 Å². The van der Waals surface area contributed by atoms with E-state index in [4.69, 9.17) is 13.9 Å². The third-order valence-corrected chi connectivity index (χ3v) is 4.79. The third-order valence-electron chi connectivity index (χ3n) is 4.79. The number of fused-ring (bicyclic) bond motifs is 1. The van der Waals surface area contributed by atoms with Gasteiger partial charge >= 0.3 is 0 Å². The average molecular weight is 393 g/mol. The Morgan fingerprint density at radius 2 is 1.76 bits per heavy atom. The maximum Gasteiger partial charge on any atom is 0.248 e. The molecule has 0 fully saturated rings. The third kappa shape index (κ3) is 4.45. The summed E-state index contributed by atoms with van der Waals surface area (Å²) in [5.74, 6) is 2.00. The van der Waals surface area contributed by atoms with Gasteiger partial charge in [0.1, 0.15) is 22.8 Å². The van der Waals surface area contributed by atoms with Crippen LogP contribution in [-0.2, 0) is 4.79 Å². The van der Waals surface area contributed by atoms with Gasteiger partial charge in [0.15, 0.2) is 0 Å². The highest BCUT2D eigenvalue weighted by molar-refractivity contribution is 6.05. The average Bonchev–Trinajstić information content (AvgIpc) is 2.96. The molecule has 0 aliphatic rings. The van der Waals surface area contributed by atoms with E-state index in [1.54, 1.807) is 6.08 Å². The number of nitrogens with one attached hydrogen (secondary N) is 1. The van der Waals surface area contributed by atoms with Crippen molar-refractivity contribution in [2.75, 3.05) is 18.5 Å². The molecule has 0 radical (unpaired) electrons. The molecule has 1 aromatic heterocycles. The molecule has 3 rings (SSSR count). The van der Waals surface area contributed by atoms with Crippen molar-refractivity contribution in [3.05, 3.63) is 59.4 Å². The summed E-state index contributed by atoms with van der Waals surface area (Å²) >= 11 is 0. The zero-order valence-electron chi connectivity index (χ0n) is 17.6. The molecule has 2 aromatic carbocycles. The van der Waals surface area contributed by atoms with Crippen LogP contribution in [0.1, 0.15) is 37.7 Å². The minimum atomic E-state index is -0.225. The molecular weight excluding hydrogens is 366 g/mol. The second-order valence-electron chi connectivity index (χ2n) is 6.81. The minimum Gasteiger partial charge on any atom is -0.493 e. The smallest absolute Gasteiger partial charge is 0.248 e. The van der Waals surface area contributed by atoms with Gasteiger partial charge in [-0.25, -0.2) is 0 Å². The summed E-state index contributed by atoms with van der Waals surface area (Å²) in [4.78, 5) is 12.7. The van der Waals surface area contributed by atoms with Crippen LogP contribution >= 0.6 is 0 Å². The second kappa shape index (κ2) is 8.86. The number of allylic oxidation sites excluding steroid dienone is 1. The van der Waals surface area contributed by atoms with Crippen molar-refractivity contribution in [3.8, 4) is 11.5 Å². The van der Waals surface area contributed by atoms with Crippen molar-refractivity contribution in [1.29, 1.82) is 0 Å². The highest BCUT2D eigenvalue weighted by Gasteiger charge is 2.15. The molecule has 152 valence electrons. The van der Waals surface area contributed by atoms with Gasteiger partial charge in [0.25, 0.3) is 0 Å². The van der Waals surface area contributed by atoms with E-state index < -0.39 is 0 Å². The van der Waals surface area contributed by atoms with Crippen LogP contribution in [0.15, 0.2) is 46.9 Å². The lowest BCUT2D eigenvalue weighted by atomic mass is 10.0. The Kier molecular flexibility index (Phi) is 6.27. The van der Waals surface area contributed by atoms with Crippen LogP contribution in [0.5, 0.6) is 11.5 Å². The number of para-hydroxylation sites is 2. The normalized spacial score (nSPS) is 11.6.